The molecule has 6 rings (SSSR count). The van der Waals surface area contributed by atoms with E-state index in [9.17, 15) is 9.59 Å². The third-order valence-corrected chi connectivity index (χ3v) is 8.10. The second-order valence-electron chi connectivity index (χ2n) is 11.3. The number of aryl methyl sites for hydroxylation is 1. The number of hydrogen-bond donors (Lipinski definition) is 1. The molecule has 5 aromatic rings. The first-order valence-electron chi connectivity index (χ1n) is 14.4. The number of nitrogen functional groups attached to an aromatic ring is 1. The summed E-state index contributed by atoms with van der Waals surface area (Å²) in [5.41, 5.74) is 8.19. The standard InChI is InChI=1S/C29H36FN11O3/c1-35(2)9-10-36(3)27(42)19-7-8-21(20(30)18-19)39-14-11-38(12-15-39)13-16-40-25-23(37(4)29(40)43)26-32-24(22-6-5-17-44-22)34-41(26)28(31)33-25/h5-8,17-18H,9-16H2,1-4H3,(H2,31,33). The van der Waals surface area contributed by atoms with E-state index in [0.717, 1.165) is 6.54 Å². The number of carbonyl (C=O) groups is 1. The quantitative estimate of drug-likeness (QED) is 0.261. The van der Waals surface area contributed by atoms with Crippen LogP contribution in [0.4, 0.5) is 16.0 Å². The number of furan rings is 1. The SMILES string of the molecule is CN(C)CCN(C)C(=O)c1ccc(N2CCN(CCn3c(=O)n(C)c4c3nc(N)n3nc(-c5ccco5)nc43)CC2)c(F)c1. The van der Waals surface area contributed by atoms with Gasteiger partial charge < -0.3 is 24.9 Å². The predicted octanol–water partition coefficient (Wildman–Crippen LogP) is 1.21. The highest BCUT2D eigenvalue weighted by molar-refractivity contribution is 5.94. The molecule has 5 heterocycles. The van der Waals surface area contributed by atoms with Crippen molar-refractivity contribution >= 4 is 34.4 Å². The minimum absolute atomic E-state index is 0.112. The van der Waals surface area contributed by atoms with Crippen LogP contribution in [0.15, 0.2) is 45.8 Å². The summed E-state index contributed by atoms with van der Waals surface area (Å²) in [7, 11) is 7.29. The molecule has 0 saturated carbocycles. The molecule has 1 aromatic carbocycles. The van der Waals surface area contributed by atoms with Crippen LogP contribution < -0.4 is 16.3 Å². The van der Waals surface area contributed by atoms with Crippen molar-refractivity contribution in [1.82, 2.24) is 43.4 Å². The van der Waals surface area contributed by atoms with E-state index in [2.05, 4.69) is 20.0 Å². The van der Waals surface area contributed by atoms with E-state index in [1.807, 2.05) is 23.9 Å². The van der Waals surface area contributed by atoms with Gasteiger partial charge in [0.15, 0.2) is 17.1 Å². The lowest BCUT2D eigenvalue weighted by molar-refractivity contribution is 0.0786. The summed E-state index contributed by atoms with van der Waals surface area (Å²) in [6, 6.07) is 8.19. The molecule has 44 heavy (non-hydrogen) atoms. The van der Waals surface area contributed by atoms with Gasteiger partial charge in [-0.25, -0.2) is 14.2 Å². The highest BCUT2D eigenvalue weighted by Gasteiger charge is 2.24. The van der Waals surface area contributed by atoms with Gasteiger partial charge in [-0.15, -0.1) is 5.10 Å². The van der Waals surface area contributed by atoms with Gasteiger partial charge >= 0.3 is 5.69 Å². The number of fused-ring (bicyclic) bond motifs is 3. The van der Waals surface area contributed by atoms with E-state index in [1.165, 1.54) is 21.4 Å². The molecule has 4 aromatic heterocycles. The minimum atomic E-state index is -0.411. The van der Waals surface area contributed by atoms with Crippen molar-refractivity contribution < 1.29 is 13.6 Å². The summed E-state index contributed by atoms with van der Waals surface area (Å²) in [4.78, 5) is 42.9. The number of amides is 1. The summed E-state index contributed by atoms with van der Waals surface area (Å²) in [6.07, 6.45) is 1.53. The number of nitrogens with two attached hydrogens (primary N) is 1. The Morgan fingerprint density at radius 3 is 2.50 bits per heavy atom. The highest BCUT2D eigenvalue weighted by Crippen LogP contribution is 2.24. The van der Waals surface area contributed by atoms with Crippen LogP contribution in [0.1, 0.15) is 10.4 Å². The number of likely N-dealkylation sites (N-methyl/N-ethyl adjacent to an activating group) is 2. The number of nitrogens with zero attached hydrogens (tertiary/aromatic N) is 10. The molecule has 1 aliphatic rings. The van der Waals surface area contributed by atoms with Gasteiger partial charge in [0.1, 0.15) is 11.3 Å². The fourth-order valence-electron chi connectivity index (χ4n) is 5.52. The Kier molecular flexibility index (Phi) is 7.82. The molecule has 0 atom stereocenters. The van der Waals surface area contributed by atoms with Crippen LogP contribution >= 0.6 is 0 Å². The molecule has 232 valence electrons. The van der Waals surface area contributed by atoms with E-state index >= 15 is 4.39 Å². The first-order chi connectivity index (χ1) is 21.1. The Balaban J connectivity index is 1.12. The van der Waals surface area contributed by atoms with Crippen LogP contribution in [-0.4, -0.2) is 116 Å². The van der Waals surface area contributed by atoms with Gasteiger partial charge in [0.2, 0.25) is 11.8 Å². The monoisotopic (exact) mass is 605 g/mol. The summed E-state index contributed by atoms with van der Waals surface area (Å²) >= 11 is 0. The molecule has 1 aliphatic heterocycles. The lowest BCUT2D eigenvalue weighted by Gasteiger charge is -2.36. The summed E-state index contributed by atoms with van der Waals surface area (Å²) in [5, 5.41) is 4.42. The van der Waals surface area contributed by atoms with Crippen molar-refractivity contribution in [2.45, 2.75) is 6.54 Å². The number of anilines is 2. The number of hydrogen-bond acceptors (Lipinski definition) is 10. The average Bonchev–Trinajstić information content (AvgIpc) is 3.75. The molecule has 0 aliphatic carbocycles. The summed E-state index contributed by atoms with van der Waals surface area (Å²) < 4.78 is 25.1. The summed E-state index contributed by atoms with van der Waals surface area (Å²) in [6.45, 7) is 4.86. The Morgan fingerprint density at radius 2 is 1.82 bits per heavy atom. The van der Waals surface area contributed by atoms with E-state index in [4.69, 9.17) is 10.2 Å². The van der Waals surface area contributed by atoms with E-state index in [-0.39, 0.29) is 17.5 Å². The molecule has 15 heteroatoms. The Morgan fingerprint density at radius 1 is 1.05 bits per heavy atom. The average molecular weight is 606 g/mol. The normalized spacial score (nSPS) is 14.4. The number of aromatic nitrogens is 6. The van der Waals surface area contributed by atoms with Crippen molar-refractivity contribution in [1.29, 1.82) is 0 Å². The Labute approximate surface area is 252 Å². The number of rotatable bonds is 9. The maximum Gasteiger partial charge on any atom is 0.330 e. The molecule has 1 amide bonds. The van der Waals surface area contributed by atoms with Crippen molar-refractivity contribution in [2.24, 2.45) is 7.05 Å². The van der Waals surface area contributed by atoms with Crippen molar-refractivity contribution in [3.8, 4) is 11.6 Å². The Bertz CT molecular complexity index is 1870. The molecular weight excluding hydrogens is 569 g/mol. The lowest BCUT2D eigenvalue weighted by atomic mass is 10.1. The second kappa shape index (κ2) is 11.7. The van der Waals surface area contributed by atoms with Crippen molar-refractivity contribution in [3.63, 3.8) is 0 Å². The number of carbonyl (C=O) groups excluding carboxylic acids is 1. The topological polar surface area (TPSA) is 139 Å². The van der Waals surface area contributed by atoms with E-state index in [0.29, 0.717) is 85.5 Å². The molecule has 0 spiro atoms. The largest absolute Gasteiger partial charge is 0.461 e. The highest BCUT2D eigenvalue weighted by atomic mass is 19.1. The number of imidazole rings is 1. The zero-order valence-corrected chi connectivity index (χ0v) is 25.3. The maximum atomic E-state index is 15.2. The first kappa shape index (κ1) is 29.3. The molecule has 2 N–H and O–H groups in total. The first-order valence-corrected chi connectivity index (χ1v) is 14.4. The fourth-order valence-corrected chi connectivity index (χ4v) is 5.52. The molecule has 1 fully saturated rings. The molecule has 0 radical (unpaired) electrons. The molecule has 0 bridgehead atoms. The predicted molar refractivity (Wildman–Crippen MR) is 164 cm³/mol. The van der Waals surface area contributed by atoms with Crippen LogP contribution in [0.5, 0.6) is 0 Å². The van der Waals surface area contributed by atoms with Gasteiger partial charge in [-0.2, -0.15) is 9.50 Å². The van der Waals surface area contributed by atoms with Crippen LogP contribution in [-0.2, 0) is 13.6 Å². The van der Waals surface area contributed by atoms with Crippen LogP contribution in [0, 0.1) is 5.82 Å². The third kappa shape index (κ3) is 5.39. The third-order valence-electron chi connectivity index (χ3n) is 8.10. The van der Waals surface area contributed by atoms with Crippen molar-refractivity contribution in [3.05, 3.63) is 58.5 Å². The van der Waals surface area contributed by atoms with Gasteiger partial charge in [0, 0.05) is 72.0 Å². The van der Waals surface area contributed by atoms with Gasteiger partial charge in [-0.1, -0.05) is 0 Å². The van der Waals surface area contributed by atoms with E-state index < -0.39 is 5.82 Å². The molecule has 1 saturated heterocycles. The van der Waals surface area contributed by atoms with Gasteiger partial charge in [0.05, 0.1) is 12.0 Å². The molecule has 0 unspecified atom stereocenters. The smallest absolute Gasteiger partial charge is 0.330 e. The van der Waals surface area contributed by atoms with Gasteiger partial charge in [0.25, 0.3) is 5.91 Å². The second-order valence-corrected chi connectivity index (χ2v) is 11.3. The lowest BCUT2D eigenvalue weighted by Crippen LogP contribution is -2.47. The van der Waals surface area contributed by atoms with Crippen LogP contribution in [0.25, 0.3) is 28.4 Å². The number of benzene rings is 1. The van der Waals surface area contributed by atoms with Gasteiger partial charge in [-0.05, 0) is 44.4 Å². The zero-order chi connectivity index (χ0) is 31.1. The fraction of sp³-hybridized carbons (Fsp3) is 0.414. The van der Waals surface area contributed by atoms with E-state index in [1.54, 1.807) is 47.8 Å². The molecule has 14 nitrogen and oxygen atoms in total. The Hall–Kier alpha value is -4.76. The summed E-state index contributed by atoms with van der Waals surface area (Å²) in [5.74, 6) is 0.327. The van der Waals surface area contributed by atoms with Crippen molar-refractivity contribution in [2.75, 3.05) is 77.6 Å². The van der Waals surface area contributed by atoms with Crippen LogP contribution in [0.2, 0.25) is 0 Å². The zero-order valence-electron chi connectivity index (χ0n) is 25.3. The van der Waals surface area contributed by atoms with Gasteiger partial charge in [-0.3, -0.25) is 18.8 Å². The maximum absolute atomic E-state index is 15.2. The molecular formula is C29H36FN11O3. The number of halogens is 1. The van der Waals surface area contributed by atoms with Crippen LogP contribution in [0.3, 0.4) is 0 Å². The number of piperazine rings is 1. The minimum Gasteiger partial charge on any atom is -0.461 e.